The molecule has 0 aliphatic heterocycles. The van der Waals surface area contributed by atoms with Crippen molar-refractivity contribution in [1.82, 2.24) is 9.55 Å². The molecule has 0 radical (unpaired) electrons. The predicted molar refractivity (Wildman–Crippen MR) is 112 cm³/mol. The number of nitrogens with one attached hydrogen (secondary N) is 1. The van der Waals surface area contributed by atoms with Gasteiger partial charge in [-0.1, -0.05) is 30.3 Å². The van der Waals surface area contributed by atoms with Crippen LogP contribution < -0.4 is 15.8 Å². The molecule has 0 aliphatic rings. The Hall–Kier alpha value is -3.41. The number of nitrogens with zero attached hydrogens (tertiary/aromatic N) is 3. The van der Waals surface area contributed by atoms with Gasteiger partial charge in [-0.2, -0.15) is 0 Å². The molecule has 0 unspecified atom stereocenters. The Morgan fingerprint density at radius 3 is 2.50 bits per heavy atom. The quantitative estimate of drug-likeness (QED) is 0.713. The summed E-state index contributed by atoms with van der Waals surface area (Å²) in [5, 5.41) is 3.18. The zero-order valence-electron chi connectivity index (χ0n) is 16.3. The highest BCUT2D eigenvalue weighted by Crippen LogP contribution is 2.17. The van der Waals surface area contributed by atoms with E-state index in [0.717, 1.165) is 16.9 Å². The molecular formula is C22H24N4O2. The molecule has 1 amide bonds. The number of benzene rings is 2. The number of aryl methyl sites for hydroxylation is 2. The van der Waals surface area contributed by atoms with Gasteiger partial charge in [-0.15, -0.1) is 0 Å². The van der Waals surface area contributed by atoms with Crippen molar-refractivity contribution in [2.45, 2.75) is 27.3 Å². The van der Waals surface area contributed by atoms with Crippen molar-refractivity contribution in [2.75, 3.05) is 16.8 Å². The first-order chi connectivity index (χ1) is 13.5. The summed E-state index contributed by atoms with van der Waals surface area (Å²) in [5.41, 5.74) is 3.04. The SMILES string of the molecule is CCN(C(=O)Cn1c(Nc2cccc(C)c2)nc(C)cc1=O)c1ccccc1. The van der Waals surface area contributed by atoms with Gasteiger partial charge in [0.15, 0.2) is 0 Å². The van der Waals surface area contributed by atoms with Gasteiger partial charge in [0.25, 0.3) is 5.56 Å². The minimum atomic E-state index is -0.264. The molecule has 6 heteroatoms. The normalized spacial score (nSPS) is 10.5. The zero-order valence-corrected chi connectivity index (χ0v) is 16.3. The van der Waals surface area contributed by atoms with E-state index in [1.165, 1.54) is 10.6 Å². The molecule has 1 heterocycles. The molecule has 3 aromatic rings. The van der Waals surface area contributed by atoms with Crippen LogP contribution in [-0.4, -0.2) is 22.0 Å². The van der Waals surface area contributed by atoms with E-state index in [9.17, 15) is 9.59 Å². The number of carbonyl (C=O) groups is 1. The monoisotopic (exact) mass is 376 g/mol. The molecule has 1 N–H and O–H groups in total. The lowest BCUT2D eigenvalue weighted by Crippen LogP contribution is -2.37. The Morgan fingerprint density at radius 1 is 1.07 bits per heavy atom. The highest BCUT2D eigenvalue weighted by Gasteiger charge is 2.17. The zero-order chi connectivity index (χ0) is 20.1. The van der Waals surface area contributed by atoms with Crippen LogP contribution in [0.2, 0.25) is 0 Å². The maximum atomic E-state index is 13.0. The molecule has 0 fully saturated rings. The number of hydrogen-bond donors (Lipinski definition) is 1. The fourth-order valence-electron chi connectivity index (χ4n) is 3.05. The van der Waals surface area contributed by atoms with Gasteiger partial charge in [-0.3, -0.25) is 14.2 Å². The first-order valence-corrected chi connectivity index (χ1v) is 9.25. The van der Waals surface area contributed by atoms with Gasteiger partial charge in [0.1, 0.15) is 6.54 Å². The molecule has 6 nitrogen and oxygen atoms in total. The maximum absolute atomic E-state index is 13.0. The largest absolute Gasteiger partial charge is 0.326 e. The Bertz CT molecular complexity index is 1030. The van der Waals surface area contributed by atoms with Gasteiger partial charge < -0.3 is 10.2 Å². The molecule has 0 aliphatic carbocycles. The lowest BCUT2D eigenvalue weighted by Gasteiger charge is -2.22. The average molecular weight is 376 g/mol. The third-order valence-corrected chi connectivity index (χ3v) is 4.39. The molecule has 28 heavy (non-hydrogen) atoms. The van der Waals surface area contributed by atoms with Gasteiger partial charge >= 0.3 is 0 Å². The van der Waals surface area contributed by atoms with Crippen LogP contribution >= 0.6 is 0 Å². The predicted octanol–water partition coefficient (Wildman–Crippen LogP) is 3.66. The summed E-state index contributed by atoms with van der Waals surface area (Å²) in [4.78, 5) is 31.7. The summed E-state index contributed by atoms with van der Waals surface area (Å²) in [7, 11) is 0. The summed E-state index contributed by atoms with van der Waals surface area (Å²) in [5.74, 6) is 0.182. The van der Waals surface area contributed by atoms with Gasteiger partial charge in [0.2, 0.25) is 11.9 Å². The molecule has 0 spiro atoms. The molecule has 0 saturated heterocycles. The van der Waals surface area contributed by atoms with E-state index < -0.39 is 0 Å². The number of hydrogen-bond acceptors (Lipinski definition) is 4. The minimum Gasteiger partial charge on any atom is -0.326 e. The number of anilines is 3. The first kappa shape index (κ1) is 19.4. The summed E-state index contributed by atoms with van der Waals surface area (Å²) in [6, 6.07) is 18.6. The molecule has 144 valence electrons. The third-order valence-electron chi connectivity index (χ3n) is 4.39. The van der Waals surface area contributed by atoms with Crippen LogP contribution in [0, 0.1) is 13.8 Å². The van der Waals surface area contributed by atoms with E-state index in [1.54, 1.807) is 11.8 Å². The van der Waals surface area contributed by atoms with Crippen LogP contribution in [0.1, 0.15) is 18.2 Å². The van der Waals surface area contributed by atoms with Crippen LogP contribution in [0.3, 0.4) is 0 Å². The smallest absolute Gasteiger partial charge is 0.255 e. The fraction of sp³-hybridized carbons (Fsp3) is 0.227. The summed E-state index contributed by atoms with van der Waals surface area (Å²) < 4.78 is 1.38. The lowest BCUT2D eigenvalue weighted by molar-refractivity contribution is -0.119. The second kappa shape index (κ2) is 8.52. The highest BCUT2D eigenvalue weighted by molar-refractivity contribution is 5.93. The second-order valence-corrected chi connectivity index (χ2v) is 6.61. The number of amides is 1. The molecule has 3 rings (SSSR count). The van der Waals surface area contributed by atoms with E-state index in [-0.39, 0.29) is 18.0 Å². The van der Waals surface area contributed by atoms with Crippen LogP contribution in [0.15, 0.2) is 65.5 Å². The Kier molecular flexibility index (Phi) is 5.89. The maximum Gasteiger partial charge on any atom is 0.255 e. The fourth-order valence-corrected chi connectivity index (χ4v) is 3.05. The number of aromatic nitrogens is 2. The van der Waals surface area contributed by atoms with Gasteiger partial charge in [-0.25, -0.2) is 4.98 Å². The van der Waals surface area contributed by atoms with Crippen LogP contribution in [0.5, 0.6) is 0 Å². The second-order valence-electron chi connectivity index (χ2n) is 6.61. The first-order valence-electron chi connectivity index (χ1n) is 9.25. The van der Waals surface area contributed by atoms with Gasteiger partial charge in [0, 0.05) is 29.7 Å². The van der Waals surface area contributed by atoms with Crippen molar-refractivity contribution in [3.8, 4) is 0 Å². The highest BCUT2D eigenvalue weighted by atomic mass is 16.2. The van der Waals surface area contributed by atoms with Crippen molar-refractivity contribution >= 4 is 23.2 Å². The molecule has 0 bridgehead atoms. The number of carbonyl (C=O) groups excluding carboxylic acids is 1. The number of rotatable bonds is 6. The van der Waals surface area contributed by atoms with Gasteiger partial charge in [-0.05, 0) is 50.6 Å². The molecule has 1 aromatic heterocycles. The lowest BCUT2D eigenvalue weighted by atomic mass is 10.2. The topological polar surface area (TPSA) is 67.2 Å². The third kappa shape index (κ3) is 4.46. The summed E-state index contributed by atoms with van der Waals surface area (Å²) in [6.45, 7) is 6.08. The standard InChI is InChI=1S/C22H24N4O2/c1-4-25(19-11-6-5-7-12-19)21(28)15-26-20(27)14-17(3)23-22(26)24-18-10-8-9-16(2)13-18/h5-14H,4,15H2,1-3H3,(H,23,24). The molecular weight excluding hydrogens is 352 g/mol. The van der Waals surface area contributed by atoms with E-state index in [0.29, 0.717) is 18.2 Å². The molecule has 0 atom stereocenters. The Labute approximate surface area is 164 Å². The Balaban J connectivity index is 1.92. The van der Waals surface area contributed by atoms with Crippen molar-refractivity contribution in [2.24, 2.45) is 0 Å². The van der Waals surface area contributed by atoms with E-state index >= 15 is 0 Å². The average Bonchev–Trinajstić information content (AvgIpc) is 2.66. The van der Waals surface area contributed by atoms with E-state index in [4.69, 9.17) is 0 Å². The van der Waals surface area contributed by atoms with Crippen LogP contribution in [-0.2, 0) is 11.3 Å². The van der Waals surface area contributed by atoms with Crippen LogP contribution in [0.25, 0.3) is 0 Å². The van der Waals surface area contributed by atoms with Crippen LogP contribution in [0.4, 0.5) is 17.3 Å². The molecule has 0 saturated carbocycles. The van der Waals surface area contributed by atoms with Crippen molar-refractivity contribution in [3.05, 3.63) is 82.3 Å². The van der Waals surface area contributed by atoms with E-state index in [2.05, 4.69) is 10.3 Å². The van der Waals surface area contributed by atoms with Gasteiger partial charge in [0.05, 0.1) is 0 Å². The Morgan fingerprint density at radius 2 is 1.82 bits per heavy atom. The minimum absolute atomic E-state index is 0.0942. The van der Waals surface area contributed by atoms with Crippen molar-refractivity contribution < 1.29 is 4.79 Å². The number of likely N-dealkylation sites (N-methyl/N-ethyl adjacent to an activating group) is 1. The van der Waals surface area contributed by atoms with E-state index in [1.807, 2.05) is 68.4 Å². The molecule has 2 aromatic carbocycles. The van der Waals surface area contributed by atoms with Crippen molar-refractivity contribution in [3.63, 3.8) is 0 Å². The number of para-hydroxylation sites is 1. The van der Waals surface area contributed by atoms with Crippen molar-refractivity contribution in [1.29, 1.82) is 0 Å². The summed E-state index contributed by atoms with van der Waals surface area (Å²) in [6.07, 6.45) is 0. The summed E-state index contributed by atoms with van der Waals surface area (Å²) >= 11 is 0.